The van der Waals surface area contributed by atoms with Crippen molar-refractivity contribution >= 4 is 6.09 Å². The molecule has 4 heteroatoms. The Kier molecular flexibility index (Phi) is 4.77. The summed E-state index contributed by atoms with van der Waals surface area (Å²) < 4.78 is 18.0. The van der Waals surface area contributed by atoms with Crippen molar-refractivity contribution in [1.29, 1.82) is 0 Å². The molecule has 1 aromatic carbocycles. The number of hydrogen-bond acceptors (Lipinski definition) is 2. The van der Waals surface area contributed by atoms with E-state index in [0.29, 0.717) is 13.2 Å². The molecule has 0 radical (unpaired) electrons. The molecular weight excluding hydrogens is 245 g/mol. The number of hydrogen-bond donors (Lipinski definition) is 0. The summed E-state index contributed by atoms with van der Waals surface area (Å²) in [6.07, 6.45) is 2.87. The third-order valence-electron chi connectivity index (χ3n) is 3.54. The van der Waals surface area contributed by atoms with Crippen molar-refractivity contribution < 1.29 is 13.9 Å². The maximum absolute atomic E-state index is 13.0. The van der Waals surface area contributed by atoms with E-state index in [0.717, 1.165) is 31.4 Å². The Morgan fingerprint density at radius 3 is 2.79 bits per heavy atom. The summed E-state index contributed by atoms with van der Waals surface area (Å²) >= 11 is 0. The van der Waals surface area contributed by atoms with Gasteiger partial charge in [0.15, 0.2) is 0 Å². The Balaban J connectivity index is 2.07. The Morgan fingerprint density at radius 2 is 2.11 bits per heavy atom. The van der Waals surface area contributed by atoms with Gasteiger partial charge in [0.05, 0.1) is 6.61 Å². The number of rotatable bonds is 2. The fourth-order valence-corrected chi connectivity index (χ4v) is 2.53. The highest BCUT2D eigenvalue weighted by atomic mass is 19.1. The van der Waals surface area contributed by atoms with Crippen LogP contribution in [0.15, 0.2) is 24.3 Å². The van der Waals surface area contributed by atoms with Gasteiger partial charge in [0.1, 0.15) is 5.82 Å². The molecule has 2 rings (SSSR count). The lowest BCUT2D eigenvalue weighted by molar-refractivity contribution is 0.107. The van der Waals surface area contributed by atoms with Crippen LogP contribution in [0.4, 0.5) is 9.18 Å². The first-order valence-electron chi connectivity index (χ1n) is 6.88. The summed E-state index contributed by atoms with van der Waals surface area (Å²) in [5.41, 5.74) is 1.09. The van der Waals surface area contributed by atoms with Crippen LogP contribution in [0.25, 0.3) is 0 Å². The van der Waals surface area contributed by atoms with Gasteiger partial charge in [0.25, 0.3) is 0 Å². The standard InChI is InChI=1S/C15H20FNO2/c1-2-19-15(18)17-10-4-3-5-13(11-17)12-6-8-14(16)9-7-12/h6-9,13H,2-5,10-11H2,1H3/t13-/m0/s1. The van der Waals surface area contributed by atoms with Crippen molar-refractivity contribution in [2.24, 2.45) is 0 Å². The minimum absolute atomic E-state index is 0.223. The van der Waals surface area contributed by atoms with E-state index in [2.05, 4.69) is 0 Å². The predicted molar refractivity (Wildman–Crippen MR) is 71.6 cm³/mol. The van der Waals surface area contributed by atoms with Crippen molar-refractivity contribution in [3.05, 3.63) is 35.6 Å². The number of benzene rings is 1. The summed E-state index contributed by atoms with van der Waals surface area (Å²) in [6.45, 7) is 3.62. The molecule has 1 saturated heterocycles. The predicted octanol–water partition coefficient (Wildman–Crippen LogP) is 3.55. The van der Waals surface area contributed by atoms with Crippen LogP contribution in [-0.2, 0) is 4.74 Å². The smallest absolute Gasteiger partial charge is 0.409 e. The van der Waals surface area contributed by atoms with Crippen LogP contribution < -0.4 is 0 Å². The van der Waals surface area contributed by atoms with E-state index in [4.69, 9.17) is 4.74 Å². The fourth-order valence-electron chi connectivity index (χ4n) is 2.53. The van der Waals surface area contributed by atoms with Gasteiger partial charge >= 0.3 is 6.09 Å². The topological polar surface area (TPSA) is 29.5 Å². The van der Waals surface area contributed by atoms with E-state index in [9.17, 15) is 9.18 Å². The molecule has 0 spiro atoms. The molecule has 0 saturated carbocycles. The highest BCUT2D eigenvalue weighted by molar-refractivity contribution is 5.67. The summed E-state index contributed by atoms with van der Waals surface area (Å²) in [4.78, 5) is 13.6. The van der Waals surface area contributed by atoms with Crippen LogP contribution >= 0.6 is 0 Å². The number of carbonyl (C=O) groups is 1. The van der Waals surface area contributed by atoms with Gasteiger partial charge in [-0.05, 0) is 37.5 Å². The van der Waals surface area contributed by atoms with Crippen LogP contribution in [0.2, 0.25) is 0 Å². The zero-order chi connectivity index (χ0) is 13.7. The molecule has 1 aliphatic rings. The lowest BCUT2D eigenvalue weighted by Gasteiger charge is -2.24. The Morgan fingerprint density at radius 1 is 1.37 bits per heavy atom. The van der Waals surface area contributed by atoms with E-state index in [-0.39, 0.29) is 17.8 Å². The molecule has 0 aliphatic carbocycles. The van der Waals surface area contributed by atoms with Crippen LogP contribution in [0.3, 0.4) is 0 Å². The van der Waals surface area contributed by atoms with E-state index in [1.165, 1.54) is 12.1 Å². The van der Waals surface area contributed by atoms with E-state index < -0.39 is 0 Å². The van der Waals surface area contributed by atoms with E-state index >= 15 is 0 Å². The molecule has 19 heavy (non-hydrogen) atoms. The molecule has 0 N–H and O–H groups in total. The van der Waals surface area contributed by atoms with E-state index in [1.54, 1.807) is 4.90 Å². The number of likely N-dealkylation sites (tertiary alicyclic amines) is 1. The average molecular weight is 265 g/mol. The number of nitrogens with zero attached hydrogens (tertiary/aromatic N) is 1. The number of ether oxygens (including phenoxy) is 1. The first kappa shape index (κ1) is 13.8. The summed E-state index contributed by atoms with van der Waals surface area (Å²) in [5, 5.41) is 0. The molecule has 1 aliphatic heterocycles. The second-order valence-corrected chi connectivity index (χ2v) is 4.89. The van der Waals surface area contributed by atoms with Gasteiger partial charge in [-0.1, -0.05) is 18.6 Å². The lowest BCUT2D eigenvalue weighted by Crippen LogP contribution is -2.34. The van der Waals surface area contributed by atoms with Crippen molar-refractivity contribution in [1.82, 2.24) is 4.90 Å². The molecule has 3 nitrogen and oxygen atoms in total. The molecule has 1 aromatic rings. The third kappa shape index (κ3) is 3.69. The fraction of sp³-hybridized carbons (Fsp3) is 0.533. The summed E-state index contributed by atoms with van der Waals surface area (Å²) in [5.74, 6) is 0.0483. The highest BCUT2D eigenvalue weighted by Crippen LogP contribution is 2.26. The zero-order valence-electron chi connectivity index (χ0n) is 11.3. The van der Waals surface area contributed by atoms with Crippen LogP contribution in [0.1, 0.15) is 37.7 Å². The molecule has 1 amide bonds. The second kappa shape index (κ2) is 6.55. The lowest BCUT2D eigenvalue weighted by atomic mass is 9.94. The third-order valence-corrected chi connectivity index (χ3v) is 3.54. The van der Waals surface area contributed by atoms with Crippen LogP contribution in [0, 0.1) is 5.82 Å². The molecule has 0 unspecified atom stereocenters. The zero-order valence-corrected chi connectivity index (χ0v) is 11.3. The summed E-state index contributed by atoms with van der Waals surface area (Å²) in [6, 6.07) is 6.59. The van der Waals surface area contributed by atoms with Crippen LogP contribution in [-0.4, -0.2) is 30.7 Å². The first-order chi connectivity index (χ1) is 9.20. The van der Waals surface area contributed by atoms with Crippen LogP contribution in [0.5, 0.6) is 0 Å². The van der Waals surface area contributed by atoms with Crippen molar-refractivity contribution in [2.75, 3.05) is 19.7 Å². The van der Waals surface area contributed by atoms with Gasteiger partial charge in [-0.15, -0.1) is 0 Å². The molecule has 1 fully saturated rings. The monoisotopic (exact) mass is 265 g/mol. The minimum atomic E-state index is -0.239. The van der Waals surface area contributed by atoms with Gasteiger partial charge in [-0.3, -0.25) is 0 Å². The second-order valence-electron chi connectivity index (χ2n) is 4.89. The Hall–Kier alpha value is -1.58. The first-order valence-corrected chi connectivity index (χ1v) is 6.88. The van der Waals surface area contributed by atoms with Crippen molar-refractivity contribution in [2.45, 2.75) is 32.1 Å². The molecule has 1 atom stereocenters. The number of halogens is 1. The minimum Gasteiger partial charge on any atom is -0.450 e. The van der Waals surface area contributed by atoms with Gasteiger partial charge in [0.2, 0.25) is 0 Å². The molecule has 0 bridgehead atoms. The molecule has 0 aromatic heterocycles. The molecular formula is C15H20FNO2. The normalized spacial score (nSPS) is 19.9. The van der Waals surface area contributed by atoms with Gasteiger partial charge in [-0.25, -0.2) is 9.18 Å². The van der Waals surface area contributed by atoms with Gasteiger partial charge < -0.3 is 9.64 Å². The highest BCUT2D eigenvalue weighted by Gasteiger charge is 2.23. The van der Waals surface area contributed by atoms with E-state index in [1.807, 2.05) is 19.1 Å². The Bertz CT molecular complexity index is 419. The number of amides is 1. The molecule has 1 heterocycles. The molecule has 104 valence electrons. The quantitative estimate of drug-likeness (QED) is 0.818. The Labute approximate surface area is 113 Å². The largest absolute Gasteiger partial charge is 0.450 e. The maximum atomic E-state index is 13.0. The summed E-state index contributed by atoms with van der Waals surface area (Å²) in [7, 11) is 0. The van der Waals surface area contributed by atoms with Crippen molar-refractivity contribution in [3.63, 3.8) is 0 Å². The number of carbonyl (C=O) groups excluding carboxylic acids is 1. The average Bonchev–Trinajstić information content (AvgIpc) is 2.66. The van der Waals surface area contributed by atoms with Crippen molar-refractivity contribution in [3.8, 4) is 0 Å². The van der Waals surface area contributed by atoms with Gasteiger partial charge in [0, 0.05) is 19.0 Å². The SMILES string of the molecule is CCOC(=O)N1CCCC[C@H](c2ccc(F)cc2)C1. The maximum Gasteiger partial charge on any atom is 0.409 e. The van der Waals surface area contributed by atoms with Gasteiger partial charge in [-0.2, -0.15) is 0 Å².